The van der Waals surface area contributed by atoms with Crippen molar-refractivity contribution in [2.75, 3.05) is 34.5 Å². The van der Waals surface area contributed by atoms with Gasteiger partial charge in [0.2, 0.25) is 11.6 Å². The molecule has 1 saturated heterocycles. The average Bonchev–Trinajstić information content (AvgIpc) is 3.03. The van der Waals surface area contributed by atoms with Crippen LogP contribution in [-0.2, 0) is 47.7 Å². The molecule has 0 amide bonds. The zero-order chi connectivity index (χ0) is 34.6. The average molecular weight is 651 g/mol. The van der Waals surface area contributed by atoms with Crippen LogP contribution in [0.25, 0.3) is 0 Å². The summed E-state index contributed by atoms with van der Waals surface area (Å²) in [6, 6.07) is -3.71. The first kappa shape index (κ1) is 34.3. The minimum atomic E-state index is -0.979. The third kappa shape index (κ3) is 5.17. The molecule has 1 fully saturated rings. The number of carbonyl (C=O) groups is 6. The van der Waals surface area contributed by atoms with Gasteiger partial charge in [-0.05, 0) is 55.0 Å². The second-order valence-corrected chi connectivity index (χ2v) is 12.6. The van der Waals surface area contributed by atoms with Gasteiger partial charge in [-0.2, -0.15) is 0 Å². The summed E-state index contributed by atoms with van der Waals surface area (Å²) in [7, 11) is 4.48. The van der Waals surface area contributed by atoms with Crippen LogP contribution in [0.15, 0.2) is 56.6 Å². The van der Waals surface area contributed by atoms with Crippen LogP contribution in [0, 0.1) is 0 Å². The number of esters is 1. The van der Waals surface area contributed by atoms with E-state index in [1.54, 1.807) is 33.8 Å². The zero-order valence-electron chi connectivity index (χ0n) is 28.3. The highest BCUT2D eigenvalue weighted by Crippen LogP contribution is 2.50. The van der Waals surface area contributed by atoms with Crippen molar-refractivity contribution in [3.63, 3.8) is 0 Å². The van der Waals surface area contributed by atoms with Gasteiger partial charge < -0.3 is 18.9 Å². The Labute approximate surface area is 274 Å². The number of ether oxygens (including phenoxy) is 4. The van der Waals surface area contributed by atoms with E-state index in [2.05, 4.69) is 0 Å². The van der Waals surface area contributed by atoms with E-state index in [1.807, 2.05) is 16.8 Å². The van der Waals surface area contributed by atoms with Gasteiger partial charge in [0, 0.05) is 64.1 Å². The lowest BCUT2D eigenvalue weighted by molar-refractivity contribution is -0.153. The third-order valence-corrected chi connectivity index (χ3v) is 10.2. The number of fused-ring (bicyclic) bond motifs is 5. The van der Waals surface area contributed by atoms with Gasteiger partial charge in [0.15, 0.2) is 23.1 Å². The molecule has 47 heavy (non-hydrogen) atoms. The number of hydrogen-bond acceptors (Lipinski definition) is 12. The summed E-state index contributed by atoms with van der Waals surface area (Å²) in [5.74, 6) is -2.63. The predicted octanol–water partition coefficient (Wildman–Crippen LogP) is 2.13. The number of methoxy groups -OCH3 is 2. The fourth-order valence-corrected chi connectivity index (χ4v) is 8.12. The summed E-state index contributed by atoms with van der Waals surface area (Å²) in [5, 5.41) is 0. The Morgan fingerprint density at radius 2 is 1.49 bits per heavy atom. The summed E-state index contributed by atoms with van der Waals surface area (Å²) in [6.45, 7) is 9.52. The molecule has 0 radical (unpaired) electrons. The highest BCUT2D eigenvalue weighted by atomic mass is 16.5. The number of carbonyl (C=O) groups excluding carboxylic acids is 6. The van der Waals surface area contributed by atoms with Crippen molar-refractivity contribution < 1.29 is 47.7 Å². The number of nitrogens with zero attached hydrogens (tertiary/aromatic N) is 2. The first-order valence-electron chi connectivity index (χ1n) is 15.8. The molecule has 2 aliphatic carbocycles. The van der Waals surface area contributed by atoms with E-state index >= 15 is 0 Å². The Morgan fingerprint density at radius 1 is 0.894 bits per heavy atom. The Kier molecular flexibility index (Phi) is 9.42. The molecule has 2 bridgehead atoms. The van der Waals surface area contributed by atoms with E-state index in [0.29, 0.717) is 5.57 Å². The molecule has 0 aromatic carbocycles. The van der Waals surface area contributed by atoms with Crippen molar-refractivity contribution in [1.82, 2.24) is 9.80 Å². The molecule has 3 heterocycles. The molecule has 0 spiro atoms. The van der Waals surface area contributed by atoms with Gasteiger partial charge in [0.05, 0.1) is 32.3 Å². The van der Waals surface area contributed by atoms with Crippen molar-refractivity contribution in [3.05, 3.63) is 56.6 Å². The minimum Gasteiger partial charge on any atom is -0.492 e. The standard InChI is InChI=1S/C35H42N2O10/c1-10-15(3)35(43)47-14-22-23-19(28(39)17(5)32(44-8)30(23)41)13-21-26-24-25(29(40)18(6)33(45-9)31(24)42)34(46-11-2)27(36(26)7)20(37(21)22)12-16(4)38/h10,20-22,26-27,34H,11-14H2,1-9H3/b15-10-/t20-,21-,22-,26+,27-,34-/m0/s1. The molecule has 0 N–H and O–H groups in total. The number of allylic oxidation sites excluding steroid dienone is 5. The van der Waals surface area contributed by atoms with Gasteiger partial charge >= 0.3 is 5.97 Å². The molecule has 5 rings (SSSR count). The molecule has 0 saturated carbocycles. The Bertz CT molecular complexity index is 1640. The van der Waals surface area contributed by atoms with Crippen LogP contribution in [0.5, 0.6) is 0 Å². The maximum Gasteiger partial charge on any atom is 0.333 e. The monoisotopic (exact) mass is 650 g/mol. The van der Waals surface area contributed by atoms with Crippen molar-refractivity contribution in [3.8, 4) is 0 Å². The molecule has 0 aromatic heterocycles. The number of ketones is 5. The van der Waals surface area contributed by atoms with E-state index in [0.717, 1.165) is 0 Å². The Morgan fingerprint density at radius 3 is 2.04 bits per heavy atom. The molecule has 0 unspecified atom stereocenters. The largest absolute Gasteiger partial charge is 0.492 e. The molecule has 12 heteroatoms. The first-order chi connectivity index (χ1) is 22.3. The van der Waals surface area contributed by atoms with Crippen LogP contribution < -0.4 is 0 Å². The van der Waals surface area contributed by atoms with Crippen LogP contribution in [0.1, 0.15) is 54.4 Å². The predicted molar refractivity (Wildman–Crippen MR) is 168 cm³/mol. The van der Waals surface area contributed by atoms with Gasteiger partial charge in [-0.3, -0.25) is 33.8 Å². The lowest BCUT2D eigenvalue weighted by Crippen LogP contribution is -2.77. The molecule has 0 aromatic rings. The molecule has 6 atom stereocenters. The van der Waals surface area contributed by atoms with Crippen molar-refractivity contribution in [1.29, 1.82) is 0 Å². The summed E-state index contributed by atoms with van der Waals surface area (Å²) in [5.41, 5.74) is 1.47. The first-order valence-corrected chi connectivity index (χ1v) is 15.8. The van der Waals surface area contributed by atoms with E-state index < -0.39 is 53.8 Å². The van der Waals surface area contributed by atoms with Gasteiger partial charge in [-0.15, -0.1) is 0 Å². The second kappa shape index (κ2) is 12.9. The number of hydrogen-bond donors (Lipinski definition) is 0. The summed E-state index contributed by atoms with van der Waals surface area (Å²) >= 11 is 0. The van der Waals surface area contributed by atoms with E-state index in [4.69, 9.17) is 18.9 Å². The van der Waals surface area contributed by atoms with Gasteiger partial charge in [0.1, 0.15) is 18.5 Å². The van der Waals surface area contributed by atoms with Gasteiger partial charge in [-0.25, -0.2) is 4.79 Å². The lowest BCUT2D eigenvalue weighted by Gasteiger charge is -2.63. The molecule has 12 nitrogen and oxygen atoms in total. The quantitative estimate of drug-likeness (QED) is 0.205. The van der Waals surface area contributed by atoms with E-state index in [1.165, 1.54) is 28.1 Å². The van der Waals surface area contributed by atoms with Crippen molar-refractivity contribution >= 4 is 34.9 Å². The topological polar surface area (TPSA) is 146 Å². The van der Waals surface area contributed by atoms with Gasteiger partial charge in [-0.1, -0.05) is 6.08 Å². The van der Waals surface area contributed by atoms with Crippen LogP contribution in [0.2, 0.25) is 0 Å². The maximum atomic E-state index is 14.2. The molecular formula is C35H42N2O10. The number of piperazine rings is 1. The number of likely N-dealkylation sites (N-methyl/N-ethyl adjacent to an activating group) is 1. The smallest absolute Gasteiger partial charge is 0.333 e. The SMILES string of the molecule is C/C=C(/C)C(=O)OC[C@H]1C2=C(C[C@H]3[C@@H]4C5=C(C(=O)C(C)=C(OC)C5=O)[C@H](OCC)[C@H]([C@H](CC(C)=O)N13)N4C)C(=O)C(C)=C(OC)C2=O. The highest BCUT2D eigenvalue weighted by Gasteiger charge is 2.62. The second-order valence-electron chi connectivity index (χ2n) is 12.6. The van der Waals surface area contributed by atoms with E-state index in [-0.39, 0.29) is 88.4 Å². The number of Topliss-reactive ketones (excluding diaryl/α,β-unsaturated/α-hetero) is 5. The Hall–Kier alpha value is -4.00. The van der Waals surface area contributed by atoms with Crippen LogP contribution in [-0.4, -0.2) is 115 Å². The lowest BCUT2D eigenvalue weighted by atomic mass is 9.66. The summed E-state index contributed by atoms with van der Waals surface area (Å²) < 4.78 is 22.9. The molecule has 3 aliphatic heterocycles. The molecule has 252 valence electrons. The van der Waals surface area contributed by atoms with Crippen molar-refractivity contribution in [2.45, 2.75) is 90.7 Å². The highest BCUT2D eigenvalue weighted by molar-refractivity contribution is 6.26. The Balaban J connectivity index is 1.79. The van der Waals surface area contributed by atoms with Crippen LogP contribution >= 0.6 is 0 Å². The normalized spacial score (nSPS) is 30.0. The molecule has 5 aliphatic rings. The zero-order valence-corrected chi connectivity index (χ0v) is 28.3. The fraction of sp³-hybridized carbons (Fsp3) is 0.543. The fourth-order valence-electron chi connectivity index (χ4n) is 8.12. The summed E-state index contributed by atoms with van der Waals surface area (Å²) in [6.07, 6.45) is 0.732. The van der Waals surface area contributed by atoms with Crippen molar-refractivity contribution in [2.24, 2.45) is 0 Å². The molecular weight excluding hydrogens is 608 g/mol. The maximum absolute atomic E-state index is 14.2. The number of rotatable bonds is 9. The third-order valence-electron chi connectivity index (χ3n) is 10.2. The minimum absolute atomic E-state index is 0.000215. The summed E-state index contributed by atoms with van der Waals surface area (Å²) in [4.78, 5) is 86.2. The van der Waals surface area contributed by atoms with Gasteiger partial charge in [0.25, 0.3) is 0 Å². The van der Waals surface area contributed by atoms with Crippen LogP contribution in [0.4, 0.5) is 0 Å². The van der Waals surface area contributed by atoms with Crippen LogP contribution in [0.3, 0.4) is 0 Å². The van der Waals surface area contributed by atoms with E-state index in [9.17, 15) is 28.8 Å².